The molecule has 0 spiro atoms. The molecule has 1 aromatic heterocycles. The predicted molar refractivity (Wildman–Crippen MR) is 73.8 cm³/mol. The van der Waals surface area contributed by atoms with Crippen LogP contribution in [0.25, 0.3) is 11.3 Å². The molecule has 0 aliphatic heterocycles. The minimum Gasteiger partial charge on any atom is -0.475 e. The number of hydrogen-bond acceptors (Lipinski definition) is 6. The van der Waals surface area contributed by atoms with E-state index in [1.54, 1.807) is 18.4 Å². The maximum Gasteiger partial charge on any atom is 0.374 e. The van der Waals surface area contributed by atoms with Crippen LogP contribution in [0.5, 0.6) is 0 Å². The van der Waals surface area contributed by atoms with Gasteiger partial charge in [0.15, 0.2) is 9.84 Å². The average molecular weight is 313 g/mol. The van der Waals surface area contributed by atoms with Crippen LogP contribution in [-0.4, -0.2) is 37.2 Å². The van der Waals surface area contributed by atoms with Crippen LogP contribution >= 0.6 is 11.8 Å². The van der Waals surface area contributed by atoms with Crippen molar-refractivity contribution >= 4 is 27.6 Å². The molecule has 0 aliphatic carbocycles. The largest absolute Gasteiger partial charge is 0.475 e. The summed E-state index contributed by atoms with van der Waals surface area (Å²) in [6, 6.07) is 6.04. The Balaban J connectivity index is 2.55. The van der Waals surface area contributed by atoms with E-state index in [1.165, 1.54) is 23.9 Å². The molecular weight excluding hydrogens is 302 g/mol. The summed E-state index contributed by atoms with van der Waals surface area (Å²) in [6.07, 6.45) is 2.90. The molecular formula is C12H11NO5S2. The summed E-state index contributed by atoms with van der Waals surface area (Å²) in [4.78, 5) is 11.5. The van der Waals surface area contributed by atoms with Crippen molar-refractivity contribution in [2.75, 3.05) is 12.5 Å². The summed E-state index contributed by atoms with van der Waals surface area (Å²) in [5, 5.41) is 12.4. The van der Waals surface area contributed by atoms with Crippen molar-refractivity contribution in [3.05, 3.63) is 30.0 Å². The van der Waals surface area contributed by atoms with Crippen LogP contribution in [0.2, 0.25) is 0 Å². The highest BCUT2D eigenvalue weighted by atomic mass is 32.2. The lowest BCUT2D eigenvalue weighted by atomic mass is 10.1. The maximum atomic E-state index is 11.8. The minimum absolute atomic E-state index is 0.183. The van der Waals surface area contributed by atoms with Crippen LogP contribution in [0.4, 0.5) is 0 Å². The molecule has 0 unspecified atom stereocenters. The van der Waals surface area contributed by atoms with E-state index in [-0.39, 0.29) is 16.3 Å². The van der Waals surface area contributed by atoms with Gasteiger partial charge >= 0.3 is 5.97 Å². The fourth-order valence-electron chi connectivity index (χ4n) is 1.64. The minimum atomic E-state index is -3.38. The van der Waals surface area contributed by atoms with Gasteiger partial charge in [0.05, 0.1) is 4.90 Å². The van der Waals surface area contributed by atoms with Crippen molar-refractivity contribution in [1.82, 2.24) is 5.16 Å². The Kier molecular flexibility index (Phi) is 3.87. The standard InChI is InChI=1S/C12H11NO5S2/c1-19-10-4-3-7(5-11(10)20(2,16)17)8-6-9(12(14)15)18-13-8/h3-6H,1-2H3,(H,14,15). The van der Waals surface area contributed by atoms with Crippen molar-refractivity contribution in [2.24, 2.45) is 0 Å². The van der Waals surface area contributed by atoms with Gasteiger partial charge < -0.3 is 9.63 Å². The Labute approximate surface area is 119 Å². The molecule has 1 aromatic carbocycles. The van der Waals surface area contributed by atoms with Crippen LogP contribution in [0, 0.1) is 0 Å². The Morgan fingerprint density at radius 1 is 1.35 bits per heavy atom. The van der Waals surface area contributed by atoms with E-state index >= 15 is 0 Å². The van der Waals surface area contributed by atoms with E-state index in [2.05, 4.69) is 9.68 Å². The summed E-state index contributed by atoms with van der Waals surface area (Å²) in [6.45, 7) is 0. The first-order chi connectivity index (χ1) is 9.32. The molecule has 2 rings (SSSR count). The van der Waals surface area contributed by atoms with E-state index in [1.807, 2.05) is 0 Å². The molecule has 2 aromatic rings. The molecule has 0 bridgehead atoms. The quantitative estimate of drug-likeness (QED) is 0.864. The van der Waals surface area contributed by atoms with Crippen molar-refractivity contribution < 1.29 is 22.8 Å². The third kappa shape index (κ3) is 2.86. The van der Waals surface area contributed by atoms with Crippen LogP contribution in [0.3, 0.4) is 0 Å². The van der Waals surface area contributed by atoms with Crippen molar-refractivity contribution in [2.45, 2.75) is 9.79 Å². The smallest absolute Gasteiger partial charge is 0.374 e. The lowest BCUT2D eigenvalue weighted by molar-refractivity contribution is 0.0652. The van der Waals surface area contributed by atoms with Gasteiger partial charge in [0.1, 0.15) is 5.69 Å². The van der Waals surface area contributed by atoms with Crippen molar-refractivity contribution in [1.29, 1.82) is 0 Å². The lowest BCUT2D eigenvalue weighted by Gasteiger charge is -2.06. The maximum absolute atomic E-state index is 11.8. The first-order valence-electron chi connectivity index (χ1n) is 5.41. The van der Waals surface area contributed by atoms with Gasteiger partial charge in [0.25, 0.3) is 0 Å². The Hall–Kier alpha value is -1.80. The molecule has 106 valence electrons. The normalized spacial score (nSPS) is 11.5. The molecule has 0 saturated heterocycles. The third-order valence-corrected chi connectivity index (χ3v) is 4.64. The summed E-state index contributed by atoms with van der Waals surface area (Å²) < 4.78 is 28.2. The highest BCUT2D eigenvalue weighted by Gasteiger charge is 2.17. The number of rotatable bonds is 4. The zero-order valence-corrected chi connectivity index (χ0v) is 12.3. The van der Waals surface area contributed by atoms with Crippen LogP contribution < -0.4 is 0 Å². The van der Waals surface area contributed by atoms with Crippen molar-refractivity contribution in [3.63, 3.8) is 0 Å². The number of aromatic carboxylic acids is 1. The number of carboxylic acid groups (broad SMARTS) is 1. The van der Waals surface area contributed by atoms with E-state index < -0.39 is 15.8 Å². The average Bonchev–Trinajstić information content (AvgIpc) is 2.86. The summed E-state index contributed by atoms with van der Waals surface area (Å²) in [5.41, 5.74) is 0.763. The lowest BCUT2D eigenvalue weighted by Crippen LogP contribution is -1.99. The van der Waals surface area contributed by atoms with Crippen LogP contribution in [-0.2, 0) is 9.84 Å². The summed E-state index contributed by atoms with van der Waals surface area (Å²) in [5.74, 6) is -1.53. The topological polar surface area (TPSA) is 97.5 Å². The number of thioether (sulfide) groups is 1. The van der Waals surface area contributed by atoms with Gasteiger partial charge in [0, 0.05) is 22.8 Å². The molecule has 0 amide bonds. The monoisotopic (exact) mass is 313 g/mol. The third-order valence-electron chi connectivity index (χ3n) is 2.58. The van der Waals surface area contributed by atoms with Crippen LogP contribution in [0.1, 0.15) is 10.6 Å². The van der Waals surface area contributed by atoms with Gasteiger partial charge in [-0.1, -0.05) is 11.2 Å². The highest BCUT2D eigenvalue weighted by molar-refractivity contribution is 7.99. The number of hydrogen-bond donors (Lipinski definition) is 1. The number of benzene rings is 1. The second-order valence-electron chi connectivity index (χ2n) is 4.02. The van der Waals surface area contributed by atoms with Gasteiger partial charge in [-0.3, -0.25) is 0 Å². The molecule has 0 saturated carbocycles. The predicted octanol–water partition coefficient (Wildman–Crippen LogP) is 2.17. The molecule has 0 fully saturated rings. The fourth-order valence-corrected chi connectivity index (χ4v) is 3.58. The fraction of sp³-hybridized carbons (Fsp3) is 0.167. The molecule has 0 aliphatic rings. The first-order valence-corrected chi connectivity index (χ1v) is 8.53. The summed E-state index contributed by atoms with van der Waals surface area (Å²) >= 11 is 1.32. The van der Waals surface area contributed by atoms with E-state index in [0.717, 1.165) is 6.26 Å². The Bertz CT molecular complexity index is 764. The second-order valence-corrected chi connectivity index (χ2v) is 6.85. The highest BCUT2D eigenvalue weighted by Crippen LogP contribution is 2.30. The molecule has 6 nitrogen and oxygen atoms in total. The van der Waals surface area contributed by atoms with Gasteiger partial charge in [-0.15, -0.1) is 11.8 Å². The zero-order valence-electron chi connectivity index (χ0n) is 10.7. The summed E-state index contributed by atoms with van der Waals surface area (Å²) in [7, 11) is -3.38. The van der Waals surface area contributed by atoms with Gasteiger partial charge in [0.2, 0.25) is 5.76 Å². The van der Waals surface area contributed by atoms with Crippen molar-refractivity contribution in [3.8, 4) is 11.3 Å². The van der Waals surface area contributed by atoms with Crippen LogP contribution in [0.15, 0.2) is 38.6 Å². The number of sulfone groups is 1. The second kappa shape index (κ2) is 5.29. The number of carbonyl (C=O) groups is 1. The number of carboxylic acids is 1. The van der Waals surface area contributed by atoms with Gasteiger partial charge in [-0.25, -0.2) is 13.2 Å². The molecule has 0 radical (unpaired) electrons. The van der Waals surface area contributed by atoms with Gasteiger partial charge in [-0.2, -0.15) is 0 Å². The van der Waals surface area contributed by atoms with E-state index in [0.29, 0.717) is 10.5 Å². The number of aromatic nitrogens is 1. The molecule has 1 heterocycles. The molecule has 0 atom stereocenters. The number of nitrogens with zero attached hydrogens (tertiary/aromatic N) is 1. The Morgan fingerprint density at radius 3 is 2.55 bits per heavy atom. The first kappa shape index (κ1) is 14.6. The molecule has 1 N–H and O–H groups in total. The Morgan fingerprint density at radius 2 is 2.05 bits per heavy atom. The van der Waals surface area contributed by atoms with Gasteiger partial charge in [-0.05, 0) is 18.4 Å². The zero-order chi connectivity index (χ0) is 14.9. The SMILES string of the molecule is CSc1ccc(-c2cc(C(=O)O)on2)cc1S(C)(=O)=O. The van der Waals surface area contributed by atoms with E-state index in [4.69, 9.17) is 5.11 Å². The van der Waals surface area contributed by atoms with E-state index in [9.17, 15) is 13.2 Å². The molecule has 20 heavy (non-hydrogen) atoms. The molecule has 8 heteroatoms.